The lowest BCUT2D eigenvalue weighted by Gasteiger charge is -2.36. The molecule has 4 aromatic rings. The lowest BCUT2D eigenvalue weighted by Crippen LogP contribution is -2.43. The maximum Gasteiger partial charge on any atom is 0.419 e. The van der Waals surface area contributed by atoms with Crippen molar-refractivity contribution >= 4 is 17.4 Å². The number of aromatic nitrogens is 2. The molecular formula is C33H36N4O4S. The van der Waals surface area contributed by atoms with Crippen molar-refractivity contribution < 1.29 is 20.4 Å². The van der Waals surface area contributed by atoms with Crippen molar-refractivity contribution in [3.8, 4) is 50.5 Å². The van der Waals surface area contributed by atoms with Gasteiger partial charge in [0.05, 0.1) is 30.5 Å². The predicted molar refractivity (Wildman–Crippen MR) is 166 cm³/mol. The average Bonchev–Trinajstić information content (AvgIpc) is 3.86. The summed E-state index contributed by atoms with van der Waals surface area (Å²) in [6, 6.07) is 18.5. The summed E-state index contributed by atoms with van der Waals surface area (Å²) in [5.74, 6) is 1.72. The number of methoxy groups -OCH3 is 2. The Labute approximate surface area is 251 Å². The van der Waals surface area contributed by atoms with Gasteiger partial charge in [-0.3, -0.25) is 9.80 Å². The van der Waals surface area contributed by atoms with E-state index in [1.165, 1.54) is 24.8 Å². The molecule has 4 heterocycles. The largest absolute Gasteiger partial charge is 0.493 e. The van der Waals surface area contributed by atoms with Gasteiger partial charge in [-0.2, -0.15) is 0 Å². The number of likely N-dealkylation sites (tertiary alicyclic amines) is 1. The molecule has 0 radical (unpaired) electrons. The van der Waals surface area contributed by atoms with Crippen molar-refractivity contribution in [2.45, 2.75) is 44.2 Å². The number of ether oxygens (including phenoxy) is 3. The number of nitrogens with one attached hydrogen (secondary N) is 1. The van der Waals surface area contributed by atoms with Crippen LogP contribution >= 0.6 is 11.3 Å². The fraction of sp³-hybridized carbons (Fsp3) is 0.333. The molecule has 1 saturated heterocycles. The van der Waals surface area contributed by atoms with Crippen LogP contribution in [-0.2, 0) is 0 Å². The normalized spacial score (nSPS) is 20.0. The van der Waals surface area contributed by atoms with E-state index in [9.17, 15) is 4.79 Å². The maximum absolute atomic E-state index is 13.4. The summed E-state index contributed by atoms with van der Waals surface area (Å²) < 4.78 is 17.4. The second kappa shape index (κ2) is 11.3. The molecule has 2 aromatic carbocycles. The molecule has 0 spiro atoms. The molecule has 2 fully saturated rings. The molecule has 7 rings (SSSR count). The first-order valence-corrected chi connectivity index (χ1v) is 15.4. The fourth-order valence-electron chi connectivity index (χ4n) is 6.52. The molecule has 2 unspecified atom stereocenters. The molecule has 42 heavy (non-hydrogen) atoms. The van der Waals surface area contributed by atoms with Crippen LogP contribution in [0.4, 0.5) is 4.79 Å². The van der Waals surface area contributed by atoms with Gasteiger partial charge in [0, 0.05) is 30.8 Å². The Kier molecular flexibility index (Phi) is 7.21. The van der Waals surface area contributed by atoms with Crippen LogP contribution in [0.1, 0.15) is 33.5 Å². The summed E-state index contributed by atoms with van der Waals surface area (Å²) >= 11 is 1.65. The number of nitrogens with zero attached hydrogens (tertiary/aromatic N) is 3. The van der Waals surface area contributed by atoms with Gasteiger partial charge in [-0.1, -0.05) is 42.8 Å². The summed E-state index contributed by atoms with van der Waals surface area (Å²) in [6.07, 6.45) is 7.30. The van der Waals surface area contributed by atoms with Gasteiger partial charge < -0.3 is 19.2 Å². The van der Waals surface area contributed by atoms with Gasteiger partial charge in [-0.15, -0.1) is 11.3 Å². The number of hydrogen-bond acceptors (Lipinski definition) is 7. The number of carbonyl (C=O) groups excluding carboxylic acids is 1. The van der Waals surface area contributed by atoms with Gasteiger partial charge in [0.1, 0.15) is 5.82 Å². The summed E-state index contributed by atoms with van der Waals surface area (Å²) in [7, 11) is 3.13. The first-order chi connectivity index (χ1) is 20.6. The van der Waals surface area contributed by atoms with Crippen molar-refractivity contribution in [3.63, 3.8) is 0 Å². The SMILES string of the molecule is COc1cc(-c2nc(-c3ccccc3)c(-c3cccs3)[nH]2)cc(OC)c1OC(=O)N1C=C2CC1CC2N1CCCCC1.[HH]. The second-order valence-corrected chi connectivity index (χ2v) is 12.0. The van der Waals surface area contributed by atoms with Crippen LogP contribution in [-0.4, -0.2) is 65.3 Å². The lowest BCUT2D eigenvalue weighted by molar-refractivity contribution is 0.137. The van der Waals surface area contributed by atoms with Gasteiger partial charge in [0.15, 0.2) is 11.5 Å². The monoisotopic (exact) mass is 584 g/mol. The van der Waals surface area contributed by atoms with E-state index in [4.69, 9.17) is 19.2 Å². The quantitative estimate of drug-likeness (QED) is 0.243. The minimum Gasteiger partial charge on any atom is -0.493 e. The van der Waals surface area contributed by atoms with E-state index >= 15 is 0 Å². The average molecular weight is 585 g/mol. The zero-order valence-electron chi connectivity index (χ0n) is 23.8. The molecule has 2 aromatic heterocycles. The van der Waals surface area contributed by atoms with E-state index in [0.717, 1.165) is 53.3 Å². The Morgan fingerprint density at radius 2 is 1.76 bits per heavy atom. The molecule has 2 atom stereocenters. The predicted octanol–water partition coefficient (Wildman–Crippen LogP) is 7.45. The molecule has 2 bridgehead atoms. The van der Waals surface area contributed by atoms with Crippen LogP contribution in [0.2, 0.25) is 0 Å². The van der Waals surface area contributed by atoms with Crippen molar-refractivity contribution in [1.29, 1.82) is 0 Å². The number of amides is 1. The molecule has 1 saturated carbocycles. The maximum atomic E-state index is 13.4. The number of fused-ring (bicyclic) bond motifs is 2. The van der Waals surface area contributed by atoms with Crippen LogP contribution in [0, 0.1) is 0 Å². The van der Waals surface area contributed by atoms with Gasteiger partial charge in [0.25, 0.3) is 0 Å². The first-order valence-electron chi connectivity index (χ1n) is 14.5. The van der Waals surface area contributed by atoms with Crippen LogP contribution in [0.25, 0.3) is 33.2 Å². The van der Waals surface area contributed by atoms with Crippen LogP contribution in [0.15, 0.2) is 71.8 Å². The Morgan fingerprint density at radius 1 is 1.00 bits per heavy atom. The van der Waals surface area contributed by atoms with E-state index in [-0.39, 0.29) is 13.2 Å². The molecule has 218 valence electrons. The van der Waals surface area contributed by atoms with Crippen LogP contribution in [0.3, 0.4) is 0 Å². The van der Waals surface area contributed by atoms with Crippen LogP contribution < -0.4 is 14.2 Å². The first kappa shape index (κ1) is 26.8. The fourth-order valence-corrected chi connectivity index (χ4v) is 7.25. The highest BCUT2D eigenvalue weighted by Gasteiger charge is 2.44. The topological polar surface area (TPSA) is 79.9 Å². The number of H-pyrrole nitrogens is 1. The lowest BCUT2D eigenvalue weighted by atomic mass is 10.0. The van der Waals surface area contributed by atoms with Crippen molar-refractivity contribution in [2.75, 3.05) is 27.3 Å². The molecule has 1 N–H and O–H groups in total. The third-order valence-electron chi connectivity index (χ3n) is 8.58. The van der Waals surface area contributed by atoms with Crippen molar-refractivity contribution in [1.82, 2.24) is 19.8 Å². The van der Waals surface area contributed by atoms with E-state index in [1.54, 1.807) is 30.5 Å². The Balaban J connectivity index is 0.00000329. The molecule has 1 amide bonds. The van der Waals surface area contributed by atoms with E-state index < -0.39 is 6.09 Å². The molecule has 1 aliphatic carbocycles. The number of benzene rings is 2. The molecule has 8 nitrogen and oxygen atoms in total. The summed E-state index contributed by atoms with van der Waals surface area (Å²) in [4.78, 5) is 27.4. The summed E-state index contributed by atoms with van der Waals surface area (Å²) in [6.45, 7) is 2.30. The number of hydrogen-bond donors (Lipinski definition) is 1. The van der Waals surface area contributed by atoms with Gasteiger partial charge in [-0.05, 0) is 67.9 Å². The minimum absolute atomic E-state index is 0. The highest BCUT2D eigenvalue weighted by atomic mass is 32.1. The van der Waals surface area contributed by atoms with Crippen molar-refractivity contribution in [2.24, 2.45) is 0 Å². The third-order valence-corrected chi connectivity index (χ3v) is 9.46. The Bertz CT molecular complexity index is 1590. The molecule has 3 aliphatic rings. The summed E-state index contributed by atoms with van der Waals surface area (Å²) in [5, 5.41) is 2.05. The molecular weight excluding hydrogens is 548 g/mol. The highest BCUT2D eigenvalue weighted by molar-refractivity contribution is 7.13. The van der Waals surface area contributed by atoms with Gasteiger partial charge in [0.2, 0.25) is 5.75 Å². The number of piperidine rings is 1. The van der Waals surface area contributed by atoms with Gasteiger partial charge in [-0.25, -0.2) is 9.78 Å². The molecule has 9 heteroatoms. The number of aromatic amines is 1. The number of thiophene rings is 1. The minimum atomic E-state index is -0.416. The number of rotatable bonds is 7. The smallest absolute Gasteiger partial charge is 0.419 e. The summed E-state index contributed by atoms with van der Waals surface area (Å²) in [5.41, 5.74) is 4.92. The number of imidazole rings is 1. The van der Waals surface area contributed by atoms with Crippen molar-refractivity contribution in [3.05, 3.63) is 71.8 Å². The highest BCUT2D eigenvalue weighted by Crippen LogP contribution is 2.45. The van der Waals surface area contributed by atoms with E-state index in [1.807, 2.05) is 42.6 Å². The number of carbonyl (C=O) groups is 1. The standard InChI is InChI=1S/C33H34N4O4S.H2/c1-39-26-17-22(32-34-29(21-10-5-3-6-11-21)30(35-32)28-12-9-15-42-28)18-27(40-2)31(26)41-33(38)37-20-23-16-24(37)19-25(23)36-13-7-4-8-14-36;/h3,5-6,9-12,15,17-18,20,24-25H,4,7-8,13-14,16,19H2,1-2H3,(H,34,35);1H. The van der Waals surface area contributed by atoms with Crippen LogP contribution in [0.5, 0.6) is 17.2 Å². The zero-order chi connectivity index (χ0) is 28.6. The molecule has 2 aliphatic heterocycles. The van der Waals surface area contributed by atoms with Gasteiger partial charge >= 0.3 is 6.09 Å². The Morgan fingerprint density at radius 3 is 2.40 bits per heavy atom. The van der Waals surface area contributed by atoms with E-state index in [2.05, 4.69) is 33.5 Å². The Hall–Kier alpha value is -4.08. The zero-order valence-corrected chi connectivity index (χ0v) is 24.7. The van der Waals surface area contributed by atoms with E-state index in [0.29, 0.717) is 23.4 Å². The second-order valence-electron chi connectivity index (χ2n) is 11.0. The third kappa shape index (κ3) is 4.86.